The zero-order valence-corrected chi connectivity index (χ0v) is 17.5. The first-order chi connectivity index (χ1) is 13.7. The number of rotatable bonds is 6. The van der Waals surface area contributed by atoms with Crippen molar-refractivity contribution in [2.24, 2.45) is 0 Å². The number of para-hydroxylation sites is 1. The van der Waals surface area contributed by atoms with Crippen molar-refractivity contribution in [2.45, 2.75) is 55.8 Å². The maximum Gasteiger partial charge on any atom is 0.242 e. The van der Waals surface area contributed by atoms with Crippen LogP contribution in [0.25, 0.3) is 11.0 Å². The highest BCUT2D eigenvalue weighted by molar-refractivity contribution is 7.94. The van der Waals surface area contributed by atoms with E-state index >= 15 is 0 Å². The molecule has 0 aliphatic heterocycles. The third-order valence-electron chi connectivity index (χ3n) is 5.67. The molecular formula is C21H24N4O3S. The van der Waals surface area contributed by atoms with Gasteiger partial charge in [0.1, 0.15) is 5.52 Å². The number of nitrogens with zero attached hydrogens (tertiary/aromatic N) is 3. The van der Waals surface area contributed by atoms with E-state index in [1.807, 2.05) is 45.0 Å². The van der Waals surface area contributed by atoms with Crippen molar-refractivity contribution in [3.8, 4) is 0 Å². The standard InChI is InChI=1S/C21H24N4O3S/c1-14-8-9-17(12-15(14)2)29(27,28)21(10-11-21)20(26)22-16(3)13-25-19-7-5-4-6-18(19)23-24-25/h4-9,12,16H,10-11,13H2,1-3H3,(H,22,26)/t16-/m1/s1. The smallest absolute Gasteiger partial charge is 0.242 e. The van der Waals surface area contributed by atoms with Crippen molar-refractivity contribution in [3.63, 3.8) is 0 Å². The molecule has 152 valence electrons. The average Bonchev–Trinajstić information content (AvgIpc) is 3.42. The van der Waals surface area contributed by atoms with Gasteiger partial charge in [-0.25, -0.2) is 13.1 Å². The number of hydrogen-bond acceptors (Lipinski definition) is 5. The highest BCUT2D eigenvalue weighted by Gasteiger charge is 2.61. The van der Waals surface area contributed by atoms with Crippen molar-refractivity contribution in [1.29, 1.82) is 0 Å². The second-order valence-corrected chi connectivity index (χ2v) is 10.1. The number of amides is 1. The average molecular weight is 413 g/mol. The molecule has 4 rings (SSSR count). The monoisotopic (exact) mass is 412 g/mol. The van der Waals surface area contributed by atoms with E-state index in [4.69, 9.17) is 0 Å². The third kappa shape index (κ3) is 3.31. The number of hydrogen-bond donors (Lipinski definition) is 1. The van der Waals surface area contributed by atoms with Gasteiger partial charge >= 0.3 is 0 Å². The Hall–Kier alpha value is -2.74. The third-order valence-corrected chi connectivity index (χ3v) is 8.16. The molecular weight excluding hydrogens is 388 g/mol. The highest BCUT2D eigenvalue weighted by Crippen LogP contribution is 2.47. The van der Waals surface area contributed by atoms with Crippen LogP contribution in [-0.4, -0.2) is 40.1 Å². The van der Waals surface area contributed by atoms with E-state index in [2.05, 4.69) is 15.6 Å². The topological polar surface area (TPSA) is 94.0 Å². The minimum Gasteiger partial charge on any atom is -0.350 e. The van der Waals surface area contributed by atoms with Crippen molar-refractivity contribution in [1.82, 2.24) is 20.3 Å². The maximum absolute atomic E-state index is 13.2. The predicted molar refractivity (Wildman–Crippen MR) is 110 cm³/mol. The first-order valence-electron chi connectivity index (χ1n) is 9.66. The summed E-state index contributed by atoms with van der Waals surface area (Å²) in [6.07, 6.45) is 0.681. The molecule has 1 aliphatic carbocycles. The number of nitrogens with one attached hydrogen (secondary N) is 1. The van der Waals surface area contributed by atoms with Crippen molar-refractivity contribution >= 4 is 26.8 Å². The van der Waals surface area contributed by atoms with E-state index < -0.39 is 20.5 Å². The van der Waals surface area contributed by atoms with Gasteiger partial charge in [-0.05, 0) is 69.0 Å². The second kappa shape index (κ2) is 6.95. The van der Waals surface area contributed by atoms with E-state index in [0.29, 0.717) is 19.4 Å². The number of aromatic nitrogens is 3. The van der Waals surface area contributed by atoms with Crippen LogP contribution < -0.4 is 5.32 Å². The van der Waals surface area contributed by atoms with Gasteiger partial charge in [0, 0.05) is 6.04 Å². The van der Waals surface area contributed by atoms with Gasteiger partial charge in [0.25, 0.3) is 0 Å². The first kappa shape index (κ1) is 19.6. The Labute approximate surface area is 170 Å². The van der Waals surface area contributed by atoms with Crippen LogP contribution in [0.3, 0.4) is 0 Å². The lowest BCUT2D eigenvalue weighted by molar-refractivity contribution is -0.122. The Morgan fingerprint density at radius 1 is 1.17 bits per heavy atom. The van der Waals surface area contributed by atoms with E-state index in [9.17, 15) is 13.2 Å². The summed E-state index contributed by atoms with van der Waals surface area (Å²) in [5, 5.41) is 11.1. The number of carbonyl (C=O) groups is 1. The lowest BCUT2D eigenvalue weighted by atomic mass is 10.1. The van der Waals surface area contributed by atoms with Crippen LogP contribution >= 0.6 is 0 Å². The van der Waals surface area contributed by atoms with Crippen molar-refractivity contribution < 1.29 is 13.2 Å². The fraction of sp³-hybridized carbons (Fsp3) is 0.381. The van der Waals surface area contributed by atoms with E-state index in [1.54, 1.807) is 22.9 Å². The first-order valence-corrected chi connectivity index (χ1v) is 11.1. The zero-order chi connectivity index (χ0) is 20.8. The molecule has 0 radical (unpaired) electrons. The van der Waals surface area contributed by atoms with Gasteiger partial charge in [0.05, 0.1) is 17.0 Å². The molecule has 1 aromatic heterocycles. The van der Waals surface area contributed by atoms with Crippen molar-refractivity contribution in [2.75, 3.05) is 0 Å². The summed E-state index contributed by atoms with van der Waals surface area (Å²) in [5.74, 6) is -0.437. The second-order valence-electron chi connectivity index (χ2n) is 7.88. The lowest BCUT2D eigenvalue weighted by Crippen LogP contribution is -2.46. The largest absolute Gasteiger partial charge is 0.350 e. The number of aryl methyl sites for hydroxylation is 2. The lowest BCUT2D eigenvalue weighted by Gasteiger charge is -2.20. The summed E-state index contributed by atoms with van der Waals surface area (Å²) in [6.45, 7) is 6.05. The predicted octanol–water partition coefficient (Wildman–Crippen LogP) is 2.56. The van der Waals surface area contributed by atoms with Gasteiger partial charge in [-0.1, -0.05) is 23.4 Å². The molecule has 1 N–H and O–H groups in total. The number of fused-ring (bicyclic) bond motifs is 1. The van der Waals surface area contributed by atoms with Gasteiger partial charge in [-0.3, -0.25) is 4.79 Å². The van der Waals surface area contributed by atoms with Crippen LogP contribution in [0.2, 0.25) is 0 Å². The van der Waals surface area contributed by atoms with Crippen LogP contribution in [-0.2, 0) is 21.2 Å². The molecule has 0 spiro atoms. The molecule has 8 heteroatoms. The van der Waals surface area contributed by atoms with Crippen molar-refractivity contribution in [3.05, 3.63) is 53.6 Å². The summed E-state index contributed by atoms with van der Waals surface area (Å²) in [6, 6.07) is 12.3. The summed E-state index contributed by atoms with van der Waals surface area (Å²) in [7, 11) is -3.76. The maximum atomic E-state index is 13.2. The summed E-state index contributed by atoms with van der Waals surface area (Å²) >= 11 is 0. The molecule has 29 heavy (non-hydrogen) atoms. The molecule has 0 bridgehead atoms. The Bertz CT molecular complexity index is 1200. The van der Waals surface area contributed by atoms with Crippen LogP contribution in [0.4, 0.5) is 0 Å². The Balaban J connectivity index is 1.52. The molecule has 1 fully saturated rings. The van der Waals surface area contributed by atoms with E-state index in [-0.39, 0.29) is 10.9 Å². The van der Waals surface area contributed by atoms with Gasteiger partial charge in [-0.15, -0.1) is 5.10 Å². The molecule has 1 atom stereocenters. The molecule has 1 saturated carbocycles. The fourth-order valence-electron chi connectivity index (χ4n) is 3.55. The van der Waals surface area contributed by atoms with E-state index in [0.717, 1.165) is 22.2 Å². The van der Waals surface area contributed by atoms with E-state index in [1.165, 1.54) is 0 Å². The summed E-state index contributed by atoms with van der Waals surface area (Å²) < 4.78 is 26.8. The van der Waals surface area contributed by atoms with Crippen LogP contribution in [0.1, 0.15) is 30.9 Å². The van der Waals surface area contributed by atoms with Gasteiger partial charge in [-0.2, -0.15) is 0 Å². The molecule has 1 amide bonds. The molecule has 3 aromatic rings. The van der Waals surface area contributed by atoms with Gasteiger partial charge in [0.15, 0.2) is 14.6 Å². The van der Waals surface area contributed by atoms with Gasteiger partial charge < -0.3 is 5.32 Å². The summed E-state index contributed by atoms with van der Waals surface area (Å²) in [5.41, 5.74) is 3.57. The van der Waals surface area contributed by atoms with Crippen LogP contribution in [0.15, 0.2) is 47.4 Å². The molecule has 1 heterocycles. The van der Waals surface area contributed by atoms with Crippen LogP contribution in [0.5, 0.6) is 0 Å². The number of benzene rings is 2. The molecule has 2 aromatic carbocycles. The normalized spacial score (nSPS) is 16.5. The Morgan fingerprint density at radius 2 is 1.90 bits per heavy atom. The highest BCUT2D eigenvalue weighted by atomic mass is 32.2. The molecule has 0 saturated heterocycles. The Kier molecular flexibility index (Phi) is 4.69. The van der Waals surface area contributed by atoms with Gasteiger partial charge in [0.2, 0.25) is 5.91 Å². The Morgan fingerprint density at radius 3 is 2.59 bits per heavy atom. The minimum atomic E-state index is -3.76. The summed E-state index contributed by atoms with van der Waals surface area (Å²) in [4.78, 5) is 13.2. The molecule has 0 unspecified atom stereocenters. The number of carbonyl (C=O) groups excluding carboxylic acids is 1. The molecule has 7 nitrogen and oxygen atoms in total. The fourth-order valence-corrected chi connectivity index (χ4v) is 5.52. The zero-order valence-electron chi connectivity index (χ0n) is 16.7. The minimum absolute atomic E-state index is 0.211. The SMILES string of the molecule is Cc1ccc(S(=O)(=O)C2(C(=O)N[C@H](C)Cn3nnc4ccccc43)CC2)cc1C. The molecule has 1 aliphatic rings. The van der Waals surface area contributed by atoms with Crippen LogP contribution in [0, 0.1) is 13.8 Å². The number of sulfone groups is 1. The quantitative estimate of drug-likeness (QED) is 0.672.